The minimum atomic E-state index is 0.617. The van der Waals surface area contributed by atoms with Crippen molar-refractivity contribution in [2.24, 2.45) is 0 Å². The molecule has 0 radical (unpaired) electrons. The molecule has 1 aliphatic carbocycles. The van der Waals surface area contributed by atoms with Crippen LogP contribution in [0.5, 0.6) is 0 Å². The van der Waals surface area contributed by atoms with Gasteiger partial charge in [-0.2, -0.15) is 0 Å². The van der Waals surface area contributed by atoms with E-state index in [1.807, 2.05) is 84.9 Å². The van der Waals surface area contributed by atoms with E-state index in [0.717, 1.165) is 88.9 Å². The van der Waals surface area contributed by atoms with E-state index in [1.54, 1.807) is 0 Å². The van der Waals surface area contributed by atoms with Crippen LogP contribution in [0, 0.1) is 0 Å². The summed E-state index contributed by atoms with van der Waals surface area (Å²) in [7, 11) is 0. The number of para-hydroxylation sites is 1. The summed E-state index contributed by atoms with van der Waals surface area (Å²) in [5.74, 6) is 1.88. The van der Waals surface area contributed by atoms with E-state index in [9.17, 15) is 0 Å². The van der Waals surface area contributed by atoms with Crippen LogP contribution in [0.15, 0.2) is 161 Å². The number of nitrogens with zero attached hydrogens (tertiary/aromatic N) is 3. The molecule has 0 bridgehead atoms. The summed E-state index contributed by atoms with van der Waals surface area (Å²) in [6, 6.07) is 49.4. The minimum Gasteiger partial charge on any atom is -0.456 e. The first kappa shape index (κ1) is 29.1. The van der Waals surface area contributed by atoms with Gasteiger partial charge in [0.15, 0.2) is 17.5 Å². The Morgan fingerprint density at radius 1 is 0.431 bits per heavy atom. The van der Waals surface area contributed by atoms with Crippen molar-refractivity contribution in [3.8, 4) is 45.3 Å². The normalized spacial score (nSPS) is 12.7. The van der Waals surface area contributed by atoms with Crippen LogP contribution >= 0.6 is 0 Å². The maximum Gasteiger partial charge on any atom is 0.164 e. The van der Waals surface area contributed by atoms with Gasteiger partial charge in [0, 0.05) is 38.1 Å². The molecule has 5 nitrogen and oxygen atoms in total. The zero-order valence-electron chi connectivity index (χ0n) is 27.5. The van der Waals surface area contributed by atoms with Gasteiger partial charge in [0.25, 0.3) is 0 Å². The third-order valence-electron chi connectivity index (χ3n) is 9.59. The van der Waals surface area contributed by atoms with Gasteiger partial charge in [0.05, 0.1) is 0 Å². The smallest absolute Gasteiger partial charge is 0.164 e. The summed E-state index contributed by atoms with van der Waals surface area (Å²) in [6.45, 7) is 0. The molecule has 0 aliphatic heterocycles. The van der Waals surface area contributed by atoms with Gasteiger partial charge in [-0.15, -0.1) is 0 Å². The Hall–Kier alpha value is -6.85. The molecule has 0 atom stereocenters. The molecule has 1 aliphatic rings. The number of hydrogen-bond donors (Lipinski definition) is 0. The van der Waals surface area contributed by atoms with Crippen LogP contribution < -0.4 is 10.6 Å². The molecule has 0 unspecified atom stereocenters. The fourth-order valence-corrected chi connectivity index (χ4v) is 7.17. The average molecular weight is 656 g/mol. The van der Waals surface area contributed by atoms with E-state index in [0.29, 0.717) is 17.5 Å². The van der Waals surface area contributed by atoms with Gasteiger partial charge in [0.1, 0.15) is 22.2 Å². The molecular weight excluding hydrogens is 627 g/mol. The fraction of sp³-hybridized carbons (Fsp3) is 0.0217. The van der Waals surface area contributed by atoms with Gasteiger partial charge in [-0.3, -0.25) is 0 Å². The van der Waals surface area contributed by atoms with Crippen LogP contribution in [0.2, 0.25) is 0 Å². The van der Waals surface area contributed by atoms with Gasteiger partial charge >= 0.3 is 0 Å². The maximum absolute atomic E-state index is 6.58. The van der Waals surface area contributed by atoms with E-state index in [4.69, 9.17) is 23.8 Å². The lowest BCUT2D eigenvalue weighted by atomic mass is 9.97. The van der Waals surface area contributed by atoms with Crippen molar-refractivity contribution < 1.29 is 8.83 Å². The van der Waals surface area contributed by atoms with Gasteiger partial charge in [-0.1, -0.05) is 127 Å². The zero-order valence-corrected chi connectivity index (χ0v) is 27.5. The van der Waals surface area contributed by atoms with Gasteiger partial charge in [-0.25, -0.2) is 15.0 Å². The summed E-state index contributed by atoms with van der Waals surface area (Å²) in [4.78, 5) is 14.9. The lowest BCUT2D eigenvalue weighted by Gasteiger charge is -2.12. The summed E-state index contributed by atoms with van der Waals surface area (Å²) in [5, 5.41) is 4.40. The molecule has 3 heterocycles. The summed E-state index contributed by atoms with van der Waals surface area (Å²) < 4.78 is 12.8. The predicted octanol–water partition coefficient (Wildman–Crippen LogP) is 10.2. The van der Waals surface area contributed by atoms with Gasteiger partial charge in [0.2, 0.25) is 0 Å². The molecule has 0 spiro atoms. The van der Waals surface area contributed by atoms with Crippen molar-refractivity contribution in [2.75, 3.05) is 0 Å². The number of rotatable bonds is 5. The van der Waals surface area contributed by atoms with E-state index in [1.165, 1.54) is 0 Å². The molecule has 6 aromatic carbocycles. The van der Waals surface area contributed by atoms with E-state index < -0.39 is 0 Å². The van der Waals surface area contributed by atoms with Crippen LogP contribution in [0.3, 0.4) is 0 Å². The Morgan fingerprint density at radius 3 is 1.86 bits per heavy atom. The first-order valence-corrected chi connectivity index (χ1v) is 17.1. The Labute approximate surface area is 293 Å². The molecule has 9 aromatic rings. The highest BCUT2D eigenvalue weighted by Gasteiger charge is 2.18. The number of fused-ring (bicyclic) bond motifs is 6. The minimum absolute atomic E-state index is 0.617. The molecule has 5 heteroatoms. The lowest BCUT2D eigenvalue weighted by molar-refractivity contribution is 0.574. The van der Waals surface area contributed by atoms with Crippen LogP contribution in [-0.2, 0) is 0 Å². The highest BCUT2D eigenvalue weighted by Crippen LogP contribution is 2.36. The van der Waals surface area contributed by atoms with Crippen LogP contribution in [0.1, 0.15) is 12.0 Å². The summed E-state index contributed by atoms with van der Waals surface area (Å²) >= 11 is 0. The lowest BCUT2D eigenvalue weighted by Crippen LogP contribution is -2.19. The van der Waals surface area contributed by atoms with Crippen molar-refractivity contribution in [1.29, 1.82) is 0 Å². The van der Waals surface area contributed by atoms with Crippen molar-refractivity contribution in [1.82, 2.24) is 15.0 Å². The van der Waals surface area contributed by atoms with E-state index in [2.05, 4.69) is 78.9 Å². The van der Waals surface area contributed by atoms with Crippen molar-refractivity contribution in [2.45, 2.75) is 6.42 Å². The second-order valence-corrected chi connectivity index (χ2v) is 12.7. The largest absolute Gasteiger partial charge is 0.456 e. The topological polar surface area (TPSA) is 65.0 Å². The first-order chi connectivity index (χ1) is 25.3. The van der Waals surface area contributed by atoms with Crippen molar-refractivity contribution >= 4 is 50.6 Å². The third kappa shape index (κ3) is 5.06. The van der Waals surface area contributed by atoms with E-state index >= 15 is 0 Å². The second kappa shape index (κ2) is 11.9. The molecule has 0 fully saturated rings. The Balaban J connectivity index is 1.10. The molecule has 0 N–H and O–H groups in total. The first-order valence-electron chi connectivity index (χ1n) is 17.1. The Kier molecular flexibility index (Phi) is 6.81. The quantitative estimate of drug-likeness (QED) is 0.185. The highest BCUT2D eigenvalue weighted by atomic mass is 16.3. The molecule has 3 aromatic heterocycles. The predicted molar refractivity (Wildman–Crippen MR) is 206 cm³/mol. The van der Waals surface area contributed by atoms with Gasteiger partial charge < -0.3 is 8.83 Å². The van der Waals surface area contributed by atoms with Crippen molar-refractivity contribution in [3.63, 3.8) is 0 Å². The maximum atomic E-state index is 6.58. The average Bonchev–Trinajstić information content (AvgIpc) is 3.67. The molecule has 0 saturated heterocycles. The molecule has 10 rings (SSSR count). The summed E-state index contributed by atoms with van der Waals surface area (Å²) in [5.41, 5.74) is 10.6. The molecule has 0 amide bonds. The SMILES string of the molecule is C1=C(c2cccc3oc4ccccc4c23)C=c2c(oc3cc(-c4ccccc4-c4nc(-c5ccccc5)nc(-c5ccccc5)n4)ccc23)=CC1. The van der Waals surface area contributed by atoms with Crippen LogP contribution in [-0.4, -0.2) is 15.0 Å². The number of hydrogen-bond acceptors (Lipinski definition) is 5. The Morgan fingerprint density at radius 2 is 1.08 bits per heavy atom. The molecular formula is C46H29N3O2. The molecule has 51 heavy (non-hydrogen) atoms. The number of aromatic nitrogens is 3. The van der Waals surface area contributed by atoms with Crippen LogP contribution in [0.4, 0.5) is 0 Å². The number of benzene rings is 6. The number of furan rings is 2. The zero-order chi connectivity index (χ0) is 33.7. The highest BCUT2D eigenvalue weighted by molar-refractivity contribution is 6.13. The fourth-order valence-electron chi connectivity index (χ4n) is 7.17. The van der Waals surface area contributed by atoms with Crippen molar-refractivity contribution in [3.05, 3.63) is 168 Å². The monoisotopic (exact) mass is 655 g/mol. The molecule has 240 valence electrons. The number of allylic oxidation sites excluding steroid dienone is 2. The second-order valence-electron chi connectivity index (χ2n) is 12.7. The van der Waals surface area contributed by atoms with E-state index in [-0.39, 0.29) is 0 Å². The Bertz CT molecular complexity index is 2880. The van der Waals surface area contributed by atoms with Gasteiger partial charge in [-0.05, 0) is 65.1 Å². The third-order valence-corrected chi connectivity index (χ3v) is 9.59. The molecule has 0 saturated carbocycles. The summed E-state index contributed by atoms with van der Waals surface area (Å²) in [6.07, 6.45) is 7.45. The standard InChI is InChI=1S/C46H29N3O2/c1-3-13-29(14-4-1)44-47-45(30-15-5-2-6-16-30)49-46(48-44)36-19-8-7-18-33(36)32-25-26-35-38-27-31(17-11-23-40(38)51-42(35)28-32)34-21-12-24-41-43(34)37-20-9-10-22-39(37)50-41/h1-10,12-28H,11H2. The van der Waals surface area contributed by atoms with Crippen LogP contribution in [0.25, 0.3) is 95.9 Å².